The minimum atomic E-state index is 0.529. The molecular weight excluding hydrogens is 789 g/mol. The van der Waals surface area contributed by atoms with Crippen molar-refractivity contribution >= 4 is 0 Å². The van der Waals surface area contributed by atoms with Crippen LogP contribution in [0.5, 0.6) is 0 Å². The van der Waals surface area contributed by atoms with Crippen LogP contribution >= 0.6 is 0 Å². The number of hydrogen-bond acceptors (Lipinski definition) is 11. The Morgan fingerprint density at radius 2 is 0.242 bits per heavy atom. The van der Waals surface area contributed by atoms with Crippen molar-refractivity contribution in [1.82, 2.24) is 0 Å². The van der Waals surface area contributed by atoms with Gasteiger partial charge in [0.05, 0.1) is 132 Å². The summed E-state index contributed by atoms with van der Waals surface area (Å²) in [5, 5.41) is 0. The summed E-state index contributed by atoms with van der Waals surface area (Å²) < 4.78 is 61.4. The van der Waals surface area contributed by atoms with Gasteiger partial charge < -0.3 is 52.1 Å². The molecule has 0 amide bonds. The summed E-state index contributed by atoms with van der Waals surface area (Å²) in [6.45, 7) is 17.5. The maximum atomic E-state index is 5.70. The second-order valence-electron chi connectivity index (χ2n) is 16.6. The lowest BCUT2D eigenvalue weighted by molar-refractivity contribution is -0.0275. The highest BCUT2D eigenvalue weighted by Gasteiger charge is 1.99. The molecule has 0 aliphatic rings. The minimum absolute atomic E-state index is 0.529. The van der Waals surface area contributed by atoms with E-state index >= 15 is 0 Å². The van der Waals surface area contributed by atoms with Crippen LogP contribution in [0.15, 0.2) is 0 Å². The highest BCUT2D eigenvalue weighted by Crippen LogP contribution is 2.14. The molecule has 11 nitrogen and oxygen atoms in total. The maximum Gasteiger partial charge on any atom is 0.0701 e. The standard InChI is InChI=1S/C51H104O11/c1-3-5-7-9-11-13-15-17-19-21-23-25-27-29-31-53-33-35-55-37-39-57-41-43-59-45-47-61-49-51-62-50-48-60-46-44-58-42-40-56-38-36-54-34-32-52-30-28-26-24-22-20-18-16-14-12-10-8-6-4-2/h3-51H2,1-2H3. The Bertz CT molecular complexity index is 691. The second kappa shape index (κ2) is 60.6. The van der Waals surface area contributed by atoms with Gasteiger partial charge in [0.15, 0.2) is 0 Å². The van der Waals surface area contributed by atoms with Gasteiger partial charge in [0, 0.05) is 13.2 Å². The topological polar surface area (TPSA) is 102 Å². The highest BCUT2D eigenvalue weighted by atomic mass is 16.6. The van der Waals surface area contributed by atoms with Gasteiger partial charge in [-0.3, -0.25) is 0 Å². The Labute approximate surface area is 383 Å². The largest absolute Gasteiger partial charge is 0.379 e. The predicted molar refractivity (Wildman–Crippen MR) is 255 cm³/mol. The van der Waals surface area contributed by atoms with Gasteiger partial charge >= 0.3 is 0 Å². The summed E-state index contributed by atoms with van der Waals surface area (Å²) in [6.07, 6.45) is 37.1. The number of unbranched alkanes of at least 4 members (excludes halogenated alkanes) is 25. The molecule has 0 unspecified atom stereocenters. The molecule has 0 saturated heterocycles. The molecule has 0 atom stereocenters. The first kappa shape index (κ1) is 61.6. The van der Waals surface area contributed by atoms with Gasteiger partial charge in [-0.1, -0.05) is 174 Å². The lowest BCUT2D eigenvalue weighted by atomic mass is 10.0. The lowest BCUT2D eigenvalue weighted by Gasteiger charge is -2.09. The van der Waals surface area contributed by atoms with E-state index in [2.05, 4.69) is 13.8 Å². The van der Waals surface area contributed by atoms with Gasteiger partial charge in [-0.25, -0.2) is 0 Å². The van der Waals surface area contributed by atoms with Crippen LogP contribution in [-0.2, 0) is 52.1 Å². The fraction of sp³-hybridized carbons (Fsp3) is 1.00. The van der Waals surface area contributed by atoms with Crippen LogP contribution in [0.1, 0.15) is 187 Å². The van der Waals surface area contributed by atoms with Crippen molar-refractivity contribution in [1.29, 1.82) is 0 Å². The predicted octanol–water partition coefficient (Wildman–Crippen LogP) is 11.7. The van der Waals surface area contributed by atoms with E-state index in [1.54, 1.807) is 0 Å². The third-order valence-electron chi connectivity index (χ3n) is 10.8. The van der Waals surface area contributed by atoms with Crippen LogP contribution in [0.3, 0.4) is 0 Å². The summed E-state index contributed by atoms with van der Waals surface area (Å²) in [5.41, 5.74) is 0. The van der Waals surface area contributed by atoms with Gasteiger partial charge in [-0.15, -0.1) is 0 Å². The summed E-state index contributed by atoms with van der Waals surface area (Å²) in [4.78, 5) is 0. The minimum Gasteiger partial charge on any atom is -0.379 e. The van der Waals surface area contributed by atoms with Gasteiger partial charge in [-0.2, -0.15) is 0 Å². The molecule has 0 radical (unpaired) electrons. The van der Waals surface area contributed by atoms with Crippen molar-refractivity contribution < 1.29 is 52.1 Å². The van der Waals surface area contributed by atoms with E-state index in [4.69, 9.17) is 52.1 Å². The SMILES string of the molecule is CCCCCCCCCCCCCCCCOCCOCCOCCOCCOCCOCCOCCOCCOCCOCCOCCCCCCCCCCCCCCC. The Morgan fingerprint density at radius 3 is 0.387 bits per heavy atom. The molecule has 374 valence electrons. The van der Waals surface area contributed by atoms with Crippen LogP contribution in [-0.4, -0.2) is 145 Å². The molecule has 0 N–H and O–H groups in total. The smallest absolute Gasteiger partial charge is 0.0701 e. The van der Waals surface area contributed by atoms with Crippen molar-refractivity contribution in [3.05, 3.63) is 0 Å². The summed E-state index contributed by atoms with van der Waals surface area (Å²) >= 11 is 0. The third-order valence-corrected chi connectivity index (χ3v) is 10.8. The second-order valence-corrected chi connectivity index (χ2v) is 16.6. The Hall–Kier alpha value is -0.440. The molecule has 0 saturated carbocycles. The first-order valence-corrected chi connectivity index (χ1v) is 26.3. The van der Waals surface area contributed by atoms with Crippen molar-refractivity contribution in [2.45, 2.75) is 187 Å². The van der Waals surface area contributed by atoms with Crippen LogP contribution in [0.2, 0.25) is 0 Å². The molecule has 0 aromatic heterocycles. The number of rotatable bonds is 59. The van der Waals surface area contributed by atoms with E-state index in [-0.39, 0.29) is 0 Å². The maximum absolute atomic E-state index is 5.70. The molecule has 0 aliphatic carbocycles. The fourth-order valence-electron chi connectivity index (χ4n) is 6.92. The van der Waals surface area contributed by atoms with Crippen molar-refractivity contribution in [2.75, 3.05) is 145 Å². The number of hydrogen-bond donors (Lipinski definition) is 0. The summed E-state index contributed by atoms with van der Waals surface area (Å²) in [6, 6.07) is 0. The van der Waals surface area contributed by atoms with E-state index < -0.39 is 0 Å². The van der Waals surface area contributed by atoms with Gasteiger partial charge in [0.25, 0.3) is 0 Å². The van der Waals surface area contributed by atoms with E-state index in [0.717, 1.165) is 26.1 Å². The average molecular weight is 893 g/mol. The highest BCUT2D eigenvalue weighted by molar-refractivity contribution is 4.51. The first-order valence-electron chi connectivity index (χ1n) is 26.3. The van der Waals surface area contributed by atoms with Crippen LogP contribution in [0, 0.1) is 0 Å². The van der Waals surface area contributed by atoms with Gasteiger partial charge in [0.2, 0.25) is 0 Å². The Kier molecular flexibility index (Phi) is 60.1. The summed E-state index contributed by atoms with van der Waals surface area (Å²) in [5.74, 6) is 0. The van der Waals surface area contributed by atoms with Crippen LogP contribution in [0.4, 0.5) is 0 Å². The van der Waals surface area contributed by atoms with Crippen LogP contribution in [0.25, 0.3) is 0 Å². The fourth-order valence-corrected chi connectivity index (χ4v) is 6.92. The van der Waals surface area contributed by atoms with Crippen LogP contribution < -0.4 is 0 Å². The summed E-state index contributed by atoms with van der Waals surface area (Å²) in [7, 11) is 0. The molecule has 0 aliphatic heterocycles. The van der Waals surface area contributed by atoms with E-state index in [1.807, 2.05) is 0 Å². The zero-order valence-corrected chi connectivity index (χ0v) is 41.1. The van der Waals surface area contributed by atoms with Crippen molar-refractivity contribution in [3.63, 3.8) is 0 Å². The Balaban J connectivity index is 3.06. The van der Waals surface area contributed by atoms with E-state index in [0.29, 0.717) is 132 Å². The molecule has 11 heteroatoms. The third kappa shape index (κ3) is 59.6. The molecule has 0 aromatic carbocycles. The Morgan fingerprint density at radius 1 is 0.129 bits per heavy atom. The first-order chi connectivity index (χ1) is 30.9. The van der Waals surface area contributed by atoms with Gasteiger partial charge in [-0.05, 0) is 12.8 Å². The number of ether oxygens (including phenoxy) is 11. The monoisotopic (exact) mass is 893 g/mol. The van der Waals surface area contributed by atoms with Crippen molar-refractivity contribution in [3.8, 4) is 0 Å². The molecule has 62 heavy (non-hydrogen) atoms. The quantitative estimate of drug-likeness (QED) is 0.0546. The molecule has 0 fully saturated rings. The average Bonchev–Trinajstić information content (AvgIpc) is 3.28. The van der Waals surface area contributed by atoms with E-state index in [9.17, 15) is 0 Å². The van der Waals surface area contributed by atoms with Gasteiger partial charge in [0.1, 0.15) is 0 Å². The molecule has 0 bridgehead atoms. The van der Waals surface area contributed by atoms with E-state index in [1.165, 1.54) is 161 Å². The lowest BCUT2D eigenvalue weighted by Crippen LogP contribution is -2.15. The molecule has 0 aromatic rings. The normalized spacial score (nSPS) is 11.7. The van der Waals surface area contributed by atoms with Crippen molar-refractivity contribution in [2.24, 2.45) is 0 Å². The zero-order valence-electron chi connectivity index (χ0n) is 41.1. The molecule has 0 heterocycles. The zero-order chi connectivity index (χ0) is 44.4. The molecule has 0 rings (SSSR count). The molecular formula is C51H104O11. The molecule has 0 spiro atoms.